The fourth-order valence-corrected chi connectivity index (χ4v) is 2.38. The molecule has 0 atom stereocenters. The summed E-state index contributed by atoms with van der Waals surface area (Å²) >= 11 is 6.08. The van der Waals surface area contributed by atoms with Crippen molar-refractivity contribution in [3.8, 4) is 28.1 Å². The first-order chi connectivity index (χ1) is 10.1. The Kier molecular flexibility index (Phi) is 3.35. The number of hydrogen-bond acceptors (Lipinski definition) is 5. The lowest BCUT2D eigenvalue weighted by molar-refractivity contribution is 0.416. The summed E-state index contributed by atoms with van der Waals surface area (Å²) in [4.78, 5) is 0. The zero-order chi connectivity index (χ0) is 15.0. The van der Waals surface area contributed by atoms with Gasteiger partial charge in [0.05, 0.1) is 12.7 Å². The first-order valence-corrected chi connectivity index (χ1v) is 6.62. The minimum Gasteiger partial charge on any atom is -0.496 e. The summed E-state index contributed by atoms with van der Waals surface area (Å²) in [5, 5.41) is 4.59. The Morgan fingerprint density at radius 3 is 2.76 bits per heavy atom. The maximum atomic E-state index is 6.08. The van der Waals surface area contributed by atoms with Gasteiger partial charge in [-0.3, -0.25) is 0 Å². The van der Waals surface area contributed by atoms with E-state index in [0.29, 0.717) is 22.0 Å². The number of anilines is 1. The number of hydrogen-bond donors (Lipinski definition) is 1. The van der Waals surface area contributed by atoms with E-state index in [1.165, 1.54) is 0 Å². The van der Waals surface area contributed by atoms with Crippen molar-refractivity contribution in [1.29, 1.82) is 0 Å². The Labute approximate surface area is 126 Å². The summed E-state index contributed by atoms with van der Waals surface area (Å²) in [5.74, 6) is 1.61. The molecule has 0 aliphatic rings. The average Bonchev–Trinajstić information content (AvgIpc) is 3.04. The van der Waals surface area contributed by atoms with Crippen LogP contribution in [-0.4, -0.2) is 12.3 Å². The Morgan fingerprint density at radius 2 is 2.10 bits per heavy atom. The summed E-state index contributed by atoms with van der Waals surface area (Å²) in [6, 6.07) is 7.14. The second-order valence-corrected chi connectivity index (χ2v) is 5.00. The molecule has 0 fully saturated rings. The number of halogens is 1. The third-order valence-corrected chi connectivity index (χ3v) is 3.39. The third kappa shape index (κ3) is 2.36. The van der Waals surface area contributed by atoms with Gasteiger partial charge in [-0.2, -0.15) is 0 Å². The number of benzene rings is 1. The molecule has 0 aliphatic heterocycles. The zero-order valence-corrected chi connectivity index (χ0v) is 12.3. The van der Waals surface area contributed by atoms with E-state index in [4.69, 9.17) is 31.0 Å². The second-order valence-electron chi connectivity index (χ2n) is 4.56. The molecule has 2 aromatic heterocycles. The minimum atomic E-state index is 0.199. The molecule has 21 heavy (non-hydrogen) atoms. The van der Waals surface area contributed by atoms with Gasteiger partial charge in [-0.15, -0.1) is 0 Å². The molecule has 0 unspecified atom stereocenters. The van der Waals surface area contributed by atoms with Gasteiger partial charge in [0.25, 0.3) is 0 Å². The van der Waals surface area contributed by atoms with E-state index < -0.39 is 0 Å². The largest absolute Gasteiger partial charge is 0.496 e. The number of nitrogen functional groups attached to an aromatic ring is 1. The number of nitrogens with zero attached hydrogens (tertiary/aromatic N) is 1. The van der Waals surface area contributed by atoms with Crippen LogP contribution in [0.1, 0.15) is 5.76 Å². The van der Waals surface area contributed by atoms with Crippen molar-refractivity contribution >= 4 is 17.5 Å². The van der Waals surface area contributed by atoms with E-state index >= 15 is 0 Å². The van der Waals surface area contributed by atoms with Crippen molar-refractivity contribution in [2.75, 3.05) is 12.8 Å². The number of nitrogens with two attached hydrogens (primary N) is 1. The van der Waals surface area contributed by atoms with Crippen molar-refractivity contribution < 1.29 is 13.7 Å². The summed E-state index contributed by atoms with van der Waals surface area (Å²) in [7, 11) is 1.58. The molecule has 108 valence electrons. The summed E-state index contributed by atoms with van der Waals surface area (Å²) in [6.45, 7) is 1.85. The summed E-state index contributed by atoms with van der Waals surface area (Å²) in [6.07, 6.45) is 1.60. The van der Waals surface area contributed by atoms with Crippen LogP contribution in [0.5, 0.6) is 5.75 Å². The fraction of sp³-hybridized carbons (Fsp3) is 0.133. The normalized spacial score (nSPS) is 10.8. The highest BCUT2D eigenvalue weighted by atomic mass is 35.5. The van der Waals surface area contributed by atoms with E-state index in [2.05, 4.69) is 5.16 Å². The van der Waals surface area contributed by atoms with Crippen LogP contribution in [-0.2, 0) is 0 Å². The first kappa shape index (κ1) is 13.6. The highest BCUT2D eigenvalue weighted by Crippen LogP contribution is 2.42. The molecule has 0 saturated heterocycles. The summed E-state index contributed by atoms with van der Waals surface area (Å²) < 4.78 is 15.8. The topological polar surface area (TPSA) is 74.4 Å². The number of ether oxygens (including phenoxy) is 1. The van der Waals surface area contributed by atoms with Crippen LogP contribution in [0.2, 0.25) is 5.02 Å². The number of methoxy groups -OCH3 is 1. The molecule has 0 spiro atoms. The Hall–Kier alpha value is -2.40. The monoisotopic (exact) mass is 304 g/mol. The van der Waals surface area contributed by atoms with Crippen LogP contribution in [0, 0.1) is 6.92 Å². The molecule has 6 heteroatoms. The number of aromatic nitrogens is 1. The van der Waals surface area contributed by atoms with Gasteiger partial charge in [-0.1, -0.05) is 16.8 Å². The molecule has 1 aromatic carbocycles. The van der Waals surface area contributed by atoms with Gasteiger partial charge in [0.1, 0.15) is 23.5 Å². The van der Waals surface area contributed by atoms with Gasteiger partial charge in [-0.25, -0.2) is 0 Å². The van der Waals surface area contributed by atoms with Crippen LogP contribution in [0.15, 0.2) is 39.5 Å². The third-order valence-electron chi connectivity index (χ3n) is 3.15. The molecule has 0 saturated carbocycles. The van der Waals surface area contributed by atoms with Crippen molar-refractivity contribution in [2.45, 2.75) is 6.92 Å². The van der Waals surface area contributed by atoms with Crippen LogP contribution >= 0.6 is 11.6 Å². The van der Waals surface area contributed by atoms with Crippen molar-refractivity contribution in [3.05, 3.63) is 41.3 Å². The Morgan fingerprint density at radius 1 is 1.29 bits per heavy atom. The number of rotatable bonds is 3. The predicted molar refractivity (Wildman–Crippen MR) is 80.4 cm³/mol. The first-order valence-electron chi connectivity index (χ1n) is 6.24. The molecule has 2 heterocycles. The predicted octanol–water partition coefficient (Wildman–Crippen LogP) is 4.15. The van der Waals surface area contributed by atoms with E-state index in [9.17, 15) is 0 Å². The highest BCUT2D eigenvalue weighted by molar-refractivity contribution is 6.31. The Balaban J connectivity index is 2.24. The molecule has 5 nitrogen and oxygen atoms in total. The SMILES string of the molecule is COc1ccc(Cl)cc1-c1c(-c2coc(C)c2)noc1N. The maximum absolute atomic E-state index is 6.08. The lowest BCUT2D eigenvalue weighted by Crippen LogP contribution is -1.92. The van der Waals surface area contributed by atoms with Crippen LogP contribution < -0.4 is 10.5 Å². The van der Waals surface area contributed by atoms with Crippen LogP contribution in [0.25, 0.3) is 22.4 Å². The quantitative estimate of drug-likeness (QED) is 0.786. The molecular formula is C15H13ClN2O3. The minimum absolute atomic E-state index is 0.199. The standard InChI is InChI=1S/C15H13ClN2O3/c1-8-5-9(7-20-8)14-13(15(17)21-18-14)11-6-10(16)3-4-12(11)19-2/h3-7H,17H2,1-2H3. The molecule has 0 aliphatic carbocycles. The summed E-state index contributed by atoms with van der Waals surface area (Å²) in [5.41, 5.74) is 8.66. The molecule has 0 amide bonds. The maximum Gasteiger partial charge on any atom is 0.230 e. The fourth-order valence-electron chi connectivity index (χ4n) is 2.20. The van der Waals surface area contributed by atoms with Gasteiger partial charge < -0.3 is 19.4 Å². The molecular weight excluding hydrogens is 292 g/mol. The van der Waals surface area contributed by atoms with Gasteiger partial charge in [0, 0.05) is 16.1 Å². The number of aryl methyl sites for hydroxylation is 1. The lowest BCUT2D eigenvalue weighted by Gasteiger charge is -2.08. The molecule has 3 rings (SSSR count). The molecule has 0 radical (unpaired) electrons. The van der Waals surface area contributed by atoms with Gasteiger partial charge in [-0.05, 0) is 31.2 Å². The van der Waals surface area contributed by atoms with E-state index in [0.717, 1.165) is 16.9 Å². The zero-order valence-electron chi connectivity index (χ0n) is 11.5. The van der Waals surface area contributed by atoms with Gasteiger partial charge in [0.2, 0.25) is 5.88 Å². The van der Waals surface area contributed by atoms with E-state index in [1.54, 1.807) is 31.6 Å². The molecule has 2 N–H and O–H groups in total. The van der Waals surface area contributed by atoms with E-state index in [1.807, 2.05) is 13.0 Å². The smallest absolute Gasteiger partial charge is 0.230 e. The van der Waals surface area contributed by atoms with Crippen molar-refractivity contribution in [2.24, 2.45) is 0 Å². The molecule has 0 bridgehead atoms. The van der Waals surface area contributed by atoms with Crippen LogP contribution in [0.4, 0.5) is 5.88 Å². The Bertz CT molecular complexity index is 792. The van der Waals surface area contributed by atoms with Crippen molar-refractivity contribution in [1.82, 2.24) is 5.16 Å². The number of furan rings is 1. The highest BCUT2D eigenvalue weighted by Gasteiger charge is 2.22. The average molecular weight is 305 g/mol. The lowest BCUT2D eigenvalue weighted by atomic mass is 10.0. The molecule has 3 aromatic rings. The van der Waals surface area contributed by atoms with Gasteiger partial charge in [0.15, 0.2) is 0 Å². The van der Waals surface area contributed by atoms with Gasteiger partial charge >= 0.3 is 0 Å². The van der Waals surface area contributed by atoms with Crippen LogP contribution in [0.3, 0.4) is 0 Å². The second kappa shape index (κ2) is 5.18. The van der Waals surface area contributed by atoms with Crippen molar-refractivity contribution in [3.63, 3.8) is 0 Å². The van der Waals surface area contributed by atoms with E-state index in [-0.39, 0.29) is 5.88 Å².